The second kappa shape index (κ2) is 9.12. The Morgan fingerprint density at radius 3 is 2.73 bits per heavy atom. The minimum atomic E-state index is -0.651. The molecule has 0 aliphatic carbocycles. The summed E-state index contributed by atoms with van der Waals surface area (Å²) in [6.45, 7) is 3.40. The standard InChI is InChI=1S/C19H24N2O5/c1-12(2)3-7-17(23)20-10-19(25)26-11-16(22)14-4-6-15-13(9-14)5-8-18(24)21-15/h4,6,9,12H,3,5,7-8,10-11H2,1-2H3,(H,20,23)(H,21,24). The van der Waals surface area contributed by atoms with Crippen LogP contribution in [0, 0.1) is 5.92 Å². The third kappa shape index (κ3) is 5.98. The minimum absolute atomic E-state index is 0.0408. The molecule has 26 heavy (non-hydrogen) atoms. The molecule has 7 heteroatoms. The number of ether oxygens (including phenoxy) is 1. The molecule has 2 rings (SSSR count). The fraction of sp³-hybridized carbons (Fsp3) is 0.474. The molecule has 0 unspecified atom stereocenters. The average Bonchev–Trinajstić information content (AvgIpc) is 2.62. The van der Waals surface area contributed by atoms with Crippen LogP contribution in [0.5, 0.6) is 0 Å². The molecule has 0 aromatic heterocycles. The fourth-order valence-corrected chi connectivity index (χ4v) is 2.52. The molecule has 1 aliphatic heterocycles. The van der Waals surface area contributed by atoms with E-state index < -0.39 is 5.97 Å². The van der Waals surface area contributed by atoms with Gasteiger partial charge in [-0.2, -0.15) is 0 Å². The largest absolute Gasteiger partial charge is 0.456 e. The lowest BCUT2D eigenvalue weighted by Crippen LogP contribution is -2.31. The van der Waals surface area contributed by atoms with E-state index in [1.54, 1.807) is 18.2 Å². The van der Waals surface area contributed by atoms with Crippen LogP contribution in [-0.4, -0.2) is 36.7 Å². The number of aryl methyl sites for hydroxylation is 1. The molecule has 0 spiro atoms. The number of rotatable bonds is 8. The maximum Gasteiger partial charge on any atom is 0.325 e. The van der Waals surface area contributed by atoms with E-state index in [0.29, 0.717) is 36.4 Å². The molecule has 0 saturated heterocycles. The second-order valence-electron chi connectivity index (χ2n) is 6.71. The molecule has 0 bridgehead atoms. The lowest BCUT2D eigenvalue weighted by molar-refractivity contribution is -0.142. The van der Waals surface area contributed by atoms with Crippen LogP contribution >= 0.6 is 0 Å². The van der Waals surface area contributed by atoms with Crippen molar-refractivity contribution < 1.29 is 23.9 Å². The van der Waals surface area contributed by atoms with Crippen molar-refractivity contribution in [3.8, 4) is 0 Å². The van der Waals surface area contributed by atoms with Crippen LogP contribution in [0.1, 0.15) is 49.0 Å². The second-order valence-corrected chi connectivity index (χ2v) is 6.71. The van der Waals surface area contributed by atoms with Crippen molar-refractivity contribution in [2.45, 2.75) is 39.5 Å². The number of benzene rings is 1. The first-order valence-corrected chi connectivity index (χ1v) is 8.73. The Balaban J connectivity index is 1.77. The molecular weight excluding hydrogens is 336 g/mol. The Hall–Kier alpha value is -2.70. The summed E-state index contributed by atoms with van der Waals surface area (Å²) >= 11 is 0. The van der Waals surface area contributed by atoms with Crippen LogP contribution in [0.4, 0.5) is 5.69 Å². The molecule has 1 heterocycles. The number of fused-ring (bicyclic) bond motifs is 1. The van der Waals surface area contributed by atoms with Crippen LogP contribution in [0.15, 0.2) is 18.2 Å². The van der Waals surface area contributed by atoms with Gasteiger partial charge in [-0.3, -0.25) is 19.2 Å². The molecule has 0 saturated carbocycles. The number of Topliss-reactive ketones (excluding diaryl/α,β-unsaturated/α-hetero) is 1. The average molecular weight is 360 g/mol. The molecule has 0 atom stereocenters. The van der Waals surface area contributed by atoms with Gasteiger partial charge in [-0.05, 0) is 42.5 Å². The Labute approximate surface area is 152 Å². The highest BCUT2D eigenvalue weighted by Gasteiger charge is 2.17. The number of hydrogen-bond acceptors (Lipinski definition) is 5. The molecule has 7 nitrogen and oxygen atoms in total. The van der Waals surface area contributed by atoms with E-state index in [4.69, 9.17) is 4.74 Å². The van der Waals surface area contributed by atoms with Crippen molar-refractivity contribution >= 4 is 29.3 Å². The van der Waals surface area contributed by atoms with Crippen LogP contribution in [0.3, 0.4) is 0 Å². The van der Waals surface area contributed by atoms with Crippen molar-refractivity contribution in [2.24, 2.45) is 5.92 Å². The summed E-state index contributed by atoms with van der Waals surface area (Å²) in [5, 5.41) is 5.23. The predicted molar refractivity (Wildman–Crippen MR) is 95.8 cm³/mol. The van der Waals surface area contributed by atoms with E-state index in [1.807, 2.05) is 13.8 Å². The van der Waals surface area contributed by atoms with E-state index in [1.165, 1.54) is 0 Å². The van der Waals surface area contributed by atoms with Crippen LogP contribution in [0.25, 0.3) is 0 Å². The highest BCUT2D eigenvalue weighted by Crippen LogP contribution is 2.23. The smallest absolute Gasteiger partial charge is 0.325 e. The van der Waals surface area contributed by atoms with Gasteiger partial charge in [-0.1, -0.05) is 13.8 Å². The van der Waals surface area contributed by atoms with E-state index in [-0.39, 0.29) is 30.7 Å². The highest BCUT2D eigenvalue weighted by molar-refractivity contribution is 6.00. The molecule has 2 amide bonds. The lowest BCUT2D eigenvalue weighted by atomic mass is 9.99. The van der Waals surface area contributed by atoms with Gasteiger partial charge in [0.15, 0.2) is 12.4 Å². The van der Waals surface area contributed by atoms with Gasteiger partial charge in [0.25, 0.3) is 0 Å². The number of esters is 1. The van der Waals surface area contributed by atoms with Gasteiger partial charge in [0, 0.05) is 24.1 Å². The number of carbonyl (C=O) groups is 4. The first-order valence-electron chi connectivity index (χ1n) is 8.73. The van der Waals surface area contributed by atoms with Crippen molar-refractivity contribution in [1.82, 2.24) is 5.32 Å². The van der Waals surface area contributed by atoms with Gasteiger partial charge >= 0.3 is 5.97 Å². The SMILES string of the molecule is CC(C)CCC(=O)NCC(=O)OCC(=O)c1ccc2c(c1)CCC(=O)N2. The summed E-state index contributed by atoms with van der Waals surface area (Å²) in [7, 11) is 0. The van der Waals surface area contributed by atoms with E-state index >= 15 is 0 Å². The number of ketones is 1. The van der Waals surface area contributed by atoms with Gasteiger partial charge in [0.05, 0.1) is 0 Å². The summed E-state index contributed by atoms with van der Waals surface area (Å²) in [4.78, 5) is 46.7. The lowest BCUT2D eigenvalue weighted by Gasteiger charge is -2.17. The quantitative estimate of drug-likeness (QED) is 0.544. The van der Waals surface area contributed by atoms with Crippen molar-refractivity contribution in [2.75, 3.05) is 18.5 Å². The van der Waals surface area contributed by atoms with Gasteiger partial charge in [0.1, 0.15) is 6.54 Å². The number of nitrogens with one attached hydrogen (secondary N) is 2. The van der Waals surface area contributed by atoms with E-state index in [0.717, 1.165) is 12.0 Å². The predicted octanol–water partition coefficient (Wildman–Crippen LogP) is 1.85. The Morgan fingerprint density at radius 1 is 1.23 bits per heavy atom. The first-order chi connectivity index (χ1) is 12.3. The van der Waals surface area contributed by atoms with Gasteiger partial charge in [-0.15, -0.1) is 0 Å². The van der Waals surface area contributed by atoms with Gasteiger partial charge in [0.2, 0.25) is 11.8 Å². The summed E-state index contributed by atoms with van der Waals surface area (Å²) in [6, 6.07) is 4.98. The summed E-state index contributed by atoms with van der Waals surface area (Å²) in [6.07, 6.45) is 2.06. The number of amides is 2. The molecule has 0 fully saturated rings. The minimum Gasteiger partial charge on any atom is -0.456 e. The van der Waals surface area contributed by atoms with Gasteiger partial charge in [-0.25, -0.2) is 0 Å². The number of carbonyl (C=O) groups excluding carboxylic acids is 4. The molecule has 1 aliphatic rings. The third-order valence-corrected chi connectivity index (χ3v) is 4.07. The Bertz CT molecular complexity index is 712. The summed E-state index contributed by atoms with van der Waals surface area (Å²) in [5.74, 6) is -0.819. The molecule has 0 radical (unpaired) electrons. The van der Waals surface area contributed by atoms with Crippen LogP contribution in [0.2, 0.25) is 0 Å². The maximum atomic E-state index is 12.2. The molecule has 1 aromatic carbocycles. The molecule has 2 N–H and O–H groups in total. The zero-order valence-corrected chi connectivity index (χ0v) is 15.1. The van der Waals surface area contributed by atoms with Crippen LogP contribution < -0.4 is 10.6 Å². The number of hydrogen-bond donors (Lipinski definition) is 2. The molecular formula is C19H24N2O5. The van der Waals surface area contributed by atoms with Crippen LogP contribution in [-0.2, 0) is 25.5 Å². The van der Waals surface area contributed by atoms with E-state index in [2.05, 4.69) is 10.6 Å². The highest BCUT2D eigenvalue weighted by atomic mass is 16.5. The monoisotopic (exact) mass is 360 g/mol. The van der Waals surface area contributed by atoms with Crippen molar-refractivity contribution in [3.05, 3.63) is 29.3 Å². The third-order valence-electron chi connectivity index (χ3n) is 4.07. The van der Waals surface area contributed by atoms with Gasteiger partial charge < -0.3 is 15.4 Å². The van der Waals surface area contributed by atoms with Crippen molar-refractivity contribution in [3.63, 3.8) is 0 Å². The molecule has 140 valence electrons. The first kappa shape index (κ1) is 19.6. The Kier molecular flexibility index (Phi) is 6.89. The fourth-order valence-electron chi connectivity index (χ4n) is 2.52. The van der Waals surface area contributed by atoms with E-state index in [9.17, 15) is 19.2 Å². The normalized spacial score (nSPS) is 13.0. The Morgan fingerprint density at radius 2 is 2.00 bits per heavy atom. The van der Waals surface area contributed by atoms with Crippen molar-refractivity contribution in [1.29, 1.82) is 0 Å². The zero-order valence-electron chi connectivity index (χ0n) is 15.1. The topological polar surface area (TPSA) is 102 Å². The zero-order chi connectivity index (χ0) is 19.1. The number of anilines is 1. The maximum absolute atomic E-state index is 12.2. The summed E-state index contributed by atoms with van der Waals surface area (Å²) < 4.78 is 4.92. The summed E-state index contributed by atoms with van der Waals surface area (Å²) in [5.41, 5.74) is 2.02. The molecule has 1 aromatic rings.